The fraction of sp³-hybridized carbons (Fsp3) is 0.138. The Morgan fingerprint density at radius 1 is 1.00 bits per heavy atom. The van der Waals surface area contributed by atoms with Gasteiger partial charge in [0.15, 0.2) is 0 Å². The quantitative estimate of drug-likeness (QED) is 0.245. The van der Waals surface area contributed by atoms with E-state index in [-0.39, 0.29) is 29.4 Å². The van der Waals surface area contributed by atoms with E-state index in [1.807, 2.05) is 47.1 Å². The van der Waals surface area contributed by atoms with E-state index < -0.39 is 11.8 Å². The zero-order valence-corrected chi connectivity index (χ0v) is 20.4. The van der Waals surface area contributed by atoms with Crippen LogP contribution in [0.3, 0.4) is 0 Å². The summed E-state index contributed by atoms with van der Waals surface area (Å²) in [6, 6.07) is 22.1. The van der Waals surface area contributed by atoms with Gasteiger partial charge in [-0.2, -0.15) is 0 Å². The first-order valence-electron chi connectivity index (χ1n) is 11.5. The van der Waals surface area contributed by atoms with Crippen LogP contribution in [0.4, 0.5) is 4.39 Å². The van der Waals surface area contributed by atoms with Gasteiger partial charge in [0.25, 0.3) is 5.78 Å². The minimum Gasteiger partial charge on any atom is -0.490 e. The maximum Gasteiger partial charge on any atom is 0.377 e. The molecule has 4 aromatic rings. The normalized spacial score (nSPS) is 10.9. The van der Waals surface area contributed by atoms with Gasteiger partial charge in [-0.15, -0.1) is 0 Å². The van der Waals surface area contributed by atoms with Gasteiger partial charge in [0.1, 0.15) is 24.0 Å². The second-order valence-electron chi connectivity index (χ2n) is 8.41. The number of benzene rings is 3. The molecule has 0 unspecified atom stereocenters. The SMILES string of the molecule is CC(C)c1nc(-c2ccccc2)n(-c2ccc(F)cc2)c1/C=C/COc1ccc(C(=O)C(=O)O)cc1.O. The first-order valence-corrected chi connectivity index (χ1v) is 11.5. The molecule has 190 valence electrons. The average molecular weight is 503 g/mol. The lowest BCUT2D eigenvalue weighted by molar-refractivity contribution is -0.131. The van der Waals surface area contributed by atoms with Crippen molar-refractivity contribution < 1.29 is 29.3 Å². The molecule has 0 saturated carbocycles. The van der Waals surface area contributed by atoms with Gasteiger partial charge in [-0.05, 0) is 66.6 Å². The Morgan fingerprint density at radius 2 is 1.65 bits per heavy atom. The minimum atomic E-state index is -1.50. The van der Waals surface area contributed by atoms with E-state index in [1.165, 1.54) is 24.3 Å². The van der Waals surface area contributed by atoms with E-state index in [0.29, 0.717) is 5.75 Å². The van der Waals surface area contributed by atoms with Crippen molar-refractivity contribution in [3.05, 3.63) is 108 Å². The highest BCUT2D eigenvalue weighted by Crippen LogP contribution is 2.31. The summed E-state index contributed by atoms with van der Waals surface area (Å²) in [5.74, 6) is -1.39. The van der Waals surface area contributed by atoms with Crippen LogP contribution in [0.2, 0.25) is 0 Å². The lowest BCUT2D eigenvalue weighted by atomic mass is 10.1. The van der Waals surface area contributed by atoms with Crippen LogP contribution in [0.15, 0.2) is 84.9 Å². The van der Waals surface area contributed by atoms with E-state index in [0.717, 1.165) is 28.5 Å². The Morgan fingerprint density at radius 3 is 2.24 bits per heavy atom. The van der Waals surface area contributed by atoms with Gasteiger partial charge in [0.05, 0.1) is 11.4 Å². The molecule has 0 saturated heterocycles. The third-order valence-corrected chi connectivity index (χ3v) is 5.54. The molecular formula is C29H27FN2O5. The number of imidazole rings is 1. The van der Waals surface area contributed by atoms with Crippen molar-refractivity contribution >= 4 is 17.8 Å². The molecule has 0 amide bonds. The predicted octanol–water partition coefficient (Wildman–Crippen LogP) is 5.34. The monoisotopic (exact) mass is 502 g/mol. The molecule has 3 aromatic carbocycles. The van der Waals surface area contributed by atoms with Crippen molar-refractivity contribution in [3.63, 3.8) is 0 Å². The van der Waals surface area contributed by atoms with Gasteiger partial charge in [0, 0.05) is 16.8 Å². The Balaban J connectivity index is 0.00000380. The molecular weight excluding hydrogens is 475 g/mol. The number of carboxylic acids is 1. The number of hydrogen-bond acceptors (Lipinski definition) is 4. The van der Waals surface area contributed by atoms with Crippen LogP contribution >= 0.6 is 0 Å². The van der Waals surface area contributed by atoms with Gasteiger partial charge in [-0.3, -0.25) is 9.36 Å². The van der Waals surface area contributed by atoms with Gasteiger partial charge in [-0.1, -0.05) is 44.2 Å². The van der Waals surface area contributed by atoms with Crippen LogP contribution < -0.4 is 4.74 Å². The van der Waals surface area contributed by atoms with E-state index in [1.54, 1.807) is 24.3 Å². The van der Waals surface area contributed by atoms with E-state index in [4.69, 9.17) is 14.8 Å². The number of halogens is 1. The van der Waals surface area contributed by atoms with E-state index in [2.05, 4.69) is 13.8 Å². The second kappa shape index (κ2) is 11.9. The smallest absolute Gasteiger partial charge is 0.377 e. The highest BCUT2D eigenvalue weighted by Gasteiger charge is 2.20. The molecule has 0 fully saturated rings. The number of carbonyl (C=O) groups is 2. The molecule has 0 bridgehead atoms. The molecule has 4 rings (SSSR count). The van der Waals surface area contributed by atoms with Gasteiger partial charge >= 0.3 is 5.97 Å². The van der Waals surface area contributed by atoms with Crippen LogP contribution in [-0.4, -0.2) is 38.5 Å². The summed E-state index contributed by atoms with van der Waals surface area (Å²) < 4.78 is 21.4. The van der Waals surface area contributed by atoms with E-state index in [9.17, 15) is 14.0 Å². The Labute approximate surface area is 213 Å². The molecule has 0 atom stereocenters. The molecule has 1 heterocycles. The number of ether oxygens (including phenoxy) is 1. The highest BCUT2D eigenvalue weighted by atomic mass is 19.1. The maximum absolute atomic E-state index is 13.7. The number of carbonyl (C=O) groups excluding carboxylic acids is 1. The second-order valence-corrected chi connectivity index (χ2v) is 8.41. The summed E-state index contributed by atoms with van der Waals surface area (Å²) in [5.41, 5.74) is 3.57. The molecule has 0 spiro atoms. The van der Waals surface area contributed by atoms with Gasteiger partial charge in [-0.25, -0.2) is 14.2 Å². The van der Waals surface area contributed by atoms with Crippen LogP contribution in [0, 0.1) is 5.82 Å². The molecule has 3 N–H and O–H groups in total. The number of Topliss-reactive ketones (excluding diaryl/α,β-unsaturated/α-hetero) is 1. The molecule has 0 radical (unpaired) electrons. The topological polar surface area (TPSA) is 113 Å². The predicted molar refractivity (Wildman–Crippen MR) is 140 cm³/mol. The van der Waals surface area contributed by atoms with Crippen molar-refractivity contribution in [3.8, 4) is 22.8 Å². The number of carboxylic acid groups (broad SMARTS) is 1. The third kappa shape index (κ3) is 6.17. The summed E-state index contributed by atoms with van der Waals surface area (Å²) in [5, 5.41) is 8.82. The summed E-state index contributed by atoms with van der Waals surface area (Å²) in [7, 11) is 0. The third-order valence-electron chi connectivity index (χ3n) is 5.54. The summed E-state index contributed by atoms with van der Waals surface area (Å²) in [6.45, 7) is 4.37. The van der Waals surface area contributed by atoms with Crippen LogP contribution in [0.1, 0.15) is 41.5 Å². The Hall–Kier alpha value is -4.56. The lowest BCUT2D eigenvalue weighted by Gasteiger charge is -2.12. The molecule has 8 heteroatoms. The molecule has 7 nitrogen and oxygen atoms in total. The number of nitrogens with zero attached hydrogens (tertiary/aromatic N) is 2. The van der Waals surface area contributed by atoms with Crippen LogP contribution in [0.5, 0.6) is 5.75 Å². The van der Waals surface area contributed by atoms with Crippen molar-refractivity contribution in [2.24, 2.45) is 0 Å². The molecule has 37 heavy (non-hydrogen) atoms. The molecule has 0 aliphatic carbocycles. The standard InChI is InChI=1S/C29H25FN2O4.H2O/c1-19(2)26-25(9-6-18-36-24-16-10-20(11-17-24)27(33)29(34)35)32(23-14-12-22(30)13-15-23)28(31-26)21-7-4-3-5-8-21;/h3-17,19H,18H2,1-2H3,(H,34,35);1H2/b9-6+;. The van der Waals surface area contributed by atoms with Gasteiger partial charge in [0.2, 0.25) is 0 Å². The average Bonchev–Trinajstić information content (AvgIpc) is 3.27. The zero-order valence-electron chi connectivity index (χ0n) is 20.4. The fourth-order valence-electron chi connectivity index (χ4n) is 3.80. The number of ketones is 1. The molecule has 0 aliphatic rings. The van der Waals surface area contributed by atoms with Crippen LogP contribution in [-0.2, 0) is 4.79 Å². The lowest BCUT2D eigenvalue weighted by Crippen LogP contribution is -2.12. The van der Waals surface area contributed by atoms with Crippen molar-refractivity contribution in [1.29, 1.82) is 0 Å². The summed E-state index contributed by atoms with van der Waals surface area (Å²) >= 11 is 0. The molecule has 0 aliphatic heterocycles. The van der Waals surface area contributed by atoms with Crippen molar-refractivity contribution in [2.75, 3.05) is 6.61 Å². The van der Waals surface area contributed by atoms with Crippen molar-refractivity contribution in [1.82, 2.24) is 9.55 Å². The van der Waals surface area contributed by atoms with Crippen LogP contribution in [0.25, 0.3) is 23.2 Å². The zero-order chi connectivity index (χ0) is 25.7. The highest BCUT2D eigenvalue weighted by molar-refractivity contribution is 6.39. The first kappa shape index (κ1) is 27.0. The maximum atomic E-state index is 13.7. The first-order chi connectivity index (χ1) is 17.3. The summed E-state index contributed by atoms with van der Waals surface area (Å²) in [6.07, 6.45) is 3.79. The fourth-order valence-corrected chi connectivity index (χ4v) is 3.80. The Bertz CT molecular complexity index is 1390. The number of aromatic nitrogens is 2. The number of hydrogen-bond donors (Lipinski definition) is 1. The summed E-state index contributed by atoms with van der Waals surface area (Å²) in [4.78, 5) is 27.3. The number of rotatable bonds is 9. The number of aliphatic carboxylic acids is 1. The van der Waals surface area contributed by atoms with Crippen molar-refractivity contribution in [2.45, 2.75) is 19.8 Å². The molecule has 1 aromatic heterocycles. The van der Waals surface area contributed by atoms with Gasteiger partial charge < -0.3 is 15.3 Å². The largest absolute Gasteiger partial charge is 0.490 e. The Kier molecular flexibility index (Phi) is 8.71. The van der Waals surface area contributed by atoms with E-state index >= 15 is 0 Å². The minimum absolute atomic E-state index is 0.